The maximum Gasteiger partial charge on any atom is 0.312 e. The zero-order valence-corrected chi connectivity index (χ0v) is 40.9. The predicted octanol–water partition coefficient (Wildman–Crippen LogP) is 0.678. The molecule has 0 radical (unpaired) electrons. The number of hydrogen-bond acceptors (Lipinski definition) is 14. The van der Waals surface area contributed by atoms with E-state index in [2.05, 4.69) is 47.9 Å². The van der Waals surface area contributed by atoms with Crippen LogP contribution in [-0.2, 0) is 72.1 Å². The third kappa shape index (κ3) is 24.7. The Labute approximate surface area is 410 Å². The predicted molar refractivity (Wildman–Crippen MR) is 261 cm³/mol. The molecule has 2 aromatic carbocycles. The number of aryl methyl sites for hydroxylation is 1. The standard InChI is InChI=1S/C48H75N9O13/c1-35(2)45(47(63)55-40(8-6-16-52-48(49)64)46(62)54-38-12-10-36(34-58)11-13-38)56-43(60)15-19-65-21-23-67-25-27-69-29-30-70-28-26-68-24-22-66-20-17-51-44(61)33-53-42(59)14-18-57-39(32-50-3)31-37-7-4-5-9-41(37)57/h4-5,7,9-13,31,35,40,45,50,58H,6,8,14-30,32-34H2,1-3H3,(H,51,61)(H,53,59)(H,54,62)(H,55,63)(H,56,60)(H3,49,52,64)/t40-,45-/m0/s1. The van der Waals surface area contributed by atoms with Crippen LogP contribution in [0.25, 0.3) is 10.9 Å². The lowest BCUT2D eigenvalue weighted by Crippen LogP contribution is -2.54. The van der Waals surface area contributed by atoms with Gasteiger partial charge >= 0.3 is 6.03 Å². The van der Waals surface area contributed by atoms with E-state index in [-0.39, 0.29) is 69.9 Å². The fourth-order valence-corrected chi connectivity index (χ4v) is 6.78. The number of primary amides is 1. The molecule has 0 aliphatic heterocycles. The van der Waals surface area contributed by atoms with Gasteiger partial charge in [-0.05, 0) is 61.0 Å². The fraction of sp³-hybridized carbons (Fsp3) is 0.583. The second-order valence-electron chi connectivity index (χ2n) is 16.3. The normalized spacial score (nSPS) is 12.1. The number of carbonyl (C=O) groups is 6. The SMILES string of the molecule is CNCc1cc2ccccc2n1CCC(=O)NCC(=O)NCCOCCOCCOCCOCCOCCOCCC(=O)N[C@H](C(=O)N[C@@H](CCCNC(N)=O)C(=O)Nc1ccc(CO)cc1)C(C)C. The highest BCUT2D eigenvalue weighted by Gasteiger charge is 2.29. The average Bonchev–Trinajstić information content (AvgIpc) is 3.69. The van der Waals surface area contributed by atoms with Crippen molar-refractivity contribution < 1.29 is 62.3 Å². The summed E-state index contributed by atoms with van der Waals surface area (Å²) in [6.07, 6.45) is 0.789. The number of aliphatic hydroxyl groups is 1. The molecule has 22 heteroatoms. The average molecular weight is 986 g/mol. The number of hydrogen-bond donors (Lipinski definition) is 9. The molecule has 0 aliphatic carbocycles. The summed E-state index contributed by atoms with van der Waals surface area (Å²) < 4.78 is 35.2. The van der Waals surface area contributed by atoms with Crippen LogP contribution in [0.4, 0.5) is 10.5 Å². The number of rotatable bonds is 39. The highest BCUT2D eigenvalue weighted by Crippen LogP contribution is 2.20. The Morgan fingerprint density at radius 2 is 1.26 bits per heavy atom. The van der Waals surface area contributed by atoms with Gasteiger partial charge in [-0.25, -0.2) is 4.79 Å². The number of aromatic nitrogens is 1. The number of para-hydroxylation sites is 1. The number of urea groups is 1. The Morgan fingerprint density at radius 3 is 1.84 bits per heavy atom. The maximum atomic E-state index is 13.4. The van der Waals surface area contributed by atoms with Crippen LogP contribution in [0.1, 0.15) is 50.8 Å². The molecule has 390 valence electrons. The molecule has 22 nitrogen and oxygen atoms in total. The van der Waals surface area contributed by atoms with Gasteiger partial charge in [0.05, 0.1) is 92.4 Å². The highest BCUT2D eigenvalue weighted by molar-refractivity contribution is 5.98. The van der Waals surface area contributed by atoms with E-state index >= 15 is 0 Å². The molecule has 70 heavy (non-hydrogen) atoms. The lowest BCUT2D eigenvalue weighted by atomic mass is 10.0. The lowest BCUT2D eigenvalue weighted by Gasteiger charge is -2.25. The molecule has 0 bridgehead atoms. The van der Waals surface area contributed by atoms with Crippen molar-refractivity contribution >= 4 is 52.2 Å². The van der Waals surface area contributed by atoms with Crippen LogP contribution in [0.3, 0.4) is 0 Å². The van der Waals surface area contributed by atoms with Crippen molar-refractivity contribution in [1.29, 1.82) is 0 Å². The maximum absolute atomic E-state index is 13.4. The van der Waals surface area contributed by atoms with E-state index in [1.165, 1.54) is 0 Å². The second kappa shape index (κ2) is 35.4. The number of fused-ring (bicyclic) bond motifs is 1. The Kier molecular flexibility index (Phi) is 29.6. The number of nitrogens with zero attached hydrogens (tertiary/aromatic N) is 1. The first-order chi connectivity index (χ1) is 33.9. The molecule has 7 amide bonds. The third-order valence-corrected chi connectivity index (χ3v) is 10.4. The number of carbonyl (C=O) groups excluding carboxylic acids is 6. The summed E-state index contributed by atoms with van der Waals surface area (Å²) in [5.74, 6) is -2.21. The minimum absolute atomic E-state index is 0.00417. The topological polar surface area (TPSA) is 293 Å². The molecule has 1 aromatic heterocycles. The molecule has 0 fully saturated rings. The van der Waals surface area contributed by atoms with Crippen molar-refractivity contribution in [2.75, 3.05) is 111 Å². The monoisotopic (exact) mass is 986 g/mol. The van der Waals surface area contributed by atoms with Crippen molar-refractivity contribution in [3.63, 3.8) is 0 Å². The molecule has 0 saturated carbocycles. The van der Waals surface area contributed by atoms with Crippen molar-refractivity contribution in [2.45, 2.75) is 71.3 Å². The molecule has 0 aliphatic rings. The van der Waals surface area contributed by atoms with Crippen molar-refractivity contribution in [3.8, 4) is 0 Å². The van der Waals surface area contributed by atoms with Gasteiger partial charge in [-0.1, -0.05) is 44.2 Å². The number of aliphatic hydroxyl groups excluding tert-OH is 1. The summed E-state index contributed by atoms with van der Waals surface area (Å²) in [4.78, 5) is 75.0. The van der Waals surface area contributed by atoms with Crippen LogP contribution in [-0.4, -0.2) is 163 Å². The van der Waals surface area contributed by atoms with Crippen LogP contribution >= 0.6 is 0 Å². The van der Waals surface area contributed by atoms with Gasteiger partial charge in [-0.2, -0.15) is 0 Å². The van der Waals surface area contributed by atoms with Gasteiger partial charge < -0.3 is 81.0 Å². The summed E-state index contributed by atoms with van der Waals surface area (Å²) in [7, 11) is 1.88. The first kappa shape index (κ1) is 58.6. The molecule has 0 saturated heterocycles. The molecule has 3 aromatic rings. The van der Waals surface area contributed by atoms with E-state index in [4.69, 9.17) is 34.2 Å². The lowest BCUT2D eigenvalue weighted by molar-refractivity contribution is -0.132. The number of nitrogens with one attached hydrogen (secondary N) is 7. The van der Waals surface area contributed by atoms with E-state index in [1.54, 1.807) is 38.1 Å². The van der Waals surface area contributed by atoms with Gasteiger partial charge in [0.2, 0.25) is 29.5 Å². The molecule has 1 heterocycles. The third-order valence-electron chi connectivity index (χ3n) is 10.4. The van der Waals surface area contributed by atoms with Gasteiger partial charge in [0.15, 0.2) is 0 Å². The number of anilines is 1. The quantitative estimate of drug-likeness (QED) is 0.0356. The van der Waals surface area contributed by atoms with Crippen LogP contribution in [0.15, 0.2) is 54.6 Å². The molecular weight excluding hydrogens is 911 g/mol. The van der Waals surface area contributed by atoms with E-state index in [0.717, 1.165) is 16.6 Å². The number of amides is 7. The minimum atomic E-state index is -0.978. The van der Waals surface area contributed by atoms with E-state index in [9.17, 15) is 33.9 Å². The van der Waals surface area contributed by atoms with E-state index in [0.29, 0.717) is 103 Å². The smallest absolute Gasteiger partial charge is 0.312 e. The molecule has 0 spiro atoms. The van der Waals surface area contributed by atoms with Gasteiger partial charge in [0.25, 0.3) is 0 Å². The molecular formula is C48H75N9O13. The molecule has 2 atom stereocenters. The molecule has 10 N–H and O–H groups in total. The number of ether oxygens (including phenoxy) is 6. The van der Waals surface area contributed by atoms with Gasteiger partial charge in [0, 0.05) is 55.9 Å². The van der Waals surface area contributed by atoms with Crippen LogP contribution < -0.4 is 43.0 Å². The fourth-order valence-electron chi connectivity index (χ4n) is 6.78. The van der Waals surface area contributed by atoms with Gasteiger partial charge in [0.1, 0.15) is 12.1 Å². The Hall–Kier alpha value is -5.72. The second-order valence-corrected chi connectivity index (χ2v) is 16.3. The molecule has 0 unspecified atom stereocenters. The van der Waals surface area contributed by atoms with Crippen molar-refractivity contribution in [1.82, 2.24) is 36.5 Å². The van der Waals surface area contributed by atoms with Crippen molar-refractivity contribution in [3.05, 3.63) is 65.9 Å². The zero-order chi connectivity index (χ0) is 50.8. The Morgan fingerprint density at radius 1 is 0.657 bits per heavy atom. The first-order valence-corrected chi connectivity index (χ1v) is 23.8. The van der Waals surface area contributed by atoms with Crippen LogP contribution in [0.2, 0.25) is 0 Å². The van der Waals surface area contributed by atoms with Crippen molar-refractivity contribution in [2.24, 2.45) is 11.7 Å². The Balaban J connectivity index is 1.11. The van der Waals surface area contributed by atoms with E-state index < -0.39 is 35.8 Å². The number of benzene rings is 2. The summed E-state index contributed by atoms with van der Waals surface area (Å²) in [5, 5.41) is 29.7. The van der Waals surface area contributed by atoms with Gasteiger partial charge in [-0.15, -0.1) is 0 Å². The molecule has 3 rings (SSSR count). The largest absolute Gasteiger partial charge is 0.392 e. The first-order valence-electron chi connectivity index (χ1n) is 23.8. The highest BCUT2D eigenvalue weighted by atomic mass is 16.6. The summed E-state index contributed by atoms with van der Waals surface area (Å²) >= 11 is 0. The Bertz CT molecular complexity index is 2000. The number of nitrogens with two attached hydrogens (primary N) is 1. The van der Waals surface area contributed by atoms with E-state index in [1.807, 2.05) is 31.3 Å². The summed E-state index contributed by atoms with van der Waals surface area (Å²) in [6.45, 7) is 8.97. The summed E-state index contributed by atoms with van der Waals surface area (Å²) in [6, 6.07) is 14.1. The van der Waals surface area contributed by atoms with Gasteiger partial charge in [-0.3, -0.25) is 24.0 Å². The summed E-state index contributed by atoms with van der Waals surface area (Å²) in [5.41, 5.74) is 8.45. The zero-order valence-electron chi connectivity index (χ0n) is 40.9. The van der Waals surface area contributed by atoms with Crippen LogP contribution in [0, 0.1) is 5.92 Å². The minimum Gasteiger partial charge on any atom is -0.392 e. The van der Waals surface area contributed by atoms with Crippen LogP contribution in [0.5, 0.6) is 0 Å².